The number of hydrogen-bond acceptors (Lipinski definition) is 3. The van der Waals surface area contributed by atoms with Gasteiger partial charge in [-0.25, -0.2) is 4.79 Å². The second-order valence-corrected chi connectivity index (χ2v) is 7.48. The number of carbonyl (C=O) groups excluding carboxylic acids is 1. The standard InChI is InChI=1S/C15H26N2O3S/c1-21-15(7-3-2-4-8-15)11-16-14(20)17-9-5-12(6-10-17)13(18)19/h12H,2-11H2,1H3,(H,16,20)(H,18,19). The summed E-state index contributed by atoms with van der Waals surface area (Å²) < 4.78 is 0.202. The van der Waals surface area contributed by atoms with Crippen molar-refractivity contribution in [1.82, 2.24) is 10.2 Å². The second-order valence-electron chi connectivity index (χ2n) is 6.21. The van der Waals surface area contributed by atoms with Gasteiger partial charge in [-0.15, -0.1) is 0 Å². The number of piperidine rings is 1. The van der Waals surface area contributed by atoms with Crippen LogP contribution in [0.15, 0.2) is 0 Å². The lowest BCUT2D eigenvalue weighted by molar-refractivity contribution is -0.143. The number of carboxylic acid groups (broad SMARTS) is 1. The Hall–Kier alpha value is -0.910. The van der Waals surface area contributed by atoms with Gasteiger partial charge in [-0.2, -0.15) is 11.8 Å². The fourth-order valence-electron chi connectivity index (χ4n) is 3.33. The SMILES string of the molecule is CSC1(CNC(=O)N2CCC(C(=O)O)CC2)CCCCC1. The lowest BCUT2D eigenvalue weighted by atomic mass is 9.88. The Morgan fingerprint density at radius 3 is 2.38 bits per heavy atom. The lowest BCUT2D eigenvalue weighted by Gasteiger charge is -2.37. The van der Waals surface area contributed by atoms with Crippen LogP contribution in [0.25, 0.3) is 0 Å². The lowest BCUT2D eigenvalue weighted by Crippen LogP contribution is -2.49. The molecule has 0 unspecified atom stereocenters. The summed E-state index contributed by atoms with van der Waals surface area (Å²) >= 11 is 1.88. The molecule has 0 aromatic carbocycles. The van der Waals surface area contributed by atoms with Gasteiger partial charge in [0.25, 0.3) is 0 Å². The van der Waals surface area contributed by atoms with E-state index < -0.39 is 5.97 Å². The van der Waals surface area contributed by atoms with Gasteiger partial charge in [0, 0.05) is 24.4 Å². The van der Waals surface area contributed by atoms with Gasteiger partial charge in [-0.1, -0.05) is 19.3 Å². The smallest absolute Gasteiger partial charge is 0.317 e. The van der Waals surface area contributed by atoms with Gasteiger partial charge in [0.2, 0.25) is 0 Å². The van der Waals surface area contributed by atoms with E-state index in [0.29, 0.717) is 25.9 Å². The fourth-order valence-corrected chi connectivity index (χ4v) is 4.24. The Balaban J connectivity index is 1.78. The molecule has 1 aliphatic heterocycles. The summed E-state index contributed by atoms with van der Waals surface area (Å²) in [5.41, 5.74) is 0. The van der Waals surface area contributed by atoms with E-state index in [4.69, 9.17) is 5.11 Å². The molecule has 1 heterocycles. The van der Waals surface area contributed by atoms with Crippen molar-refractivity contribution in [2.24, 2.45) is 5.92 Å². The van der Waals surface area contributed by atoms with Crippen LogP contribution in [0.4, 0.5) is 4.79 Å². The number of thioether (sulfide) groups is 1. The highest BCUT2D eigenvalue weighted by atomic mass is 32.2. The molecule has 0 aromatic heterocycles. The summed E-state index contributed by atoms with van der Waals surface area (Å²) in [5, 5.41) is 12.1. The molecule has 0 spiro atoms. The van der Waals surface area contributed by atoms with Crippen molar-refractivity contribution in [2.45, 2.75) is 49.7 Å². The Labute approximate surface area is 130 Å². The number of nitrogens with one attached hydrogen (secondary N) is 1. The number of nitrogens with zero attached hydrogens (tertiary/aromatic N) is 1. The van der Waals surface area contributed by atoms with Gasteiger partial charge in [0.15, 0.2) is 0 Å². The number of amides is 2. The second kappa shape index (κ2) is 7.38. The summed E-state index contributed by atoms with van der Waals surface area (Å²) in [4.78, 5) is 24.9. The molecule has 0 atom stereocenters. The maximum atomic E-state index is 12.2. The van der Waals surface area contributed by atoms with E-state index in [1.807, 2.05) is 11.8 Å². The first-order chi connectivity index (χ1) is 10.1. The Morgan fingerprint density at radius 2 is 1.86 bits per heavy atom. The molecular weight excluding hydrogens is 288 g/mol. The molecule has 6 heteroatoms. The minimum atomic E-state index is -0.737. The molecule has 1 saturated carbocycles. The normalized spacial score (nSPS) is 22.8. The quantitative estimate of drug-likeness (QED) is 0.837. The minimum Gasteiger partial charge on any atom is -0.481 e. The largest absolute Gasteiger partial charge is 0.481 e. The molecule has 2 amide bonds. The maximum absolute atomic E-state index is 12.2. The van der Waals surface area contributed by atoms with Crippen molar-refractivity contribution in [2.75, 3.05) is 25.9 Å². The van der Waals surface area contributed by atoms with Crippen LogP contribution in [-0.4, -0.2) is 52.6 Å². The monoisotopic (exact) mass is 314 g/mol. The topological polar surface area (TPSA) is 69.6 Å². The minimum absolute atomic E-state index is 0.0298. The first kappa shape index (κ1) is 16.5. The van der Waals surface area contributed by atoms with Crippen LogP contribution < -0.4 is 5.32 Å². The van der Waals surface area contributed by atoms with Crippen LogP contribution in [-0.2, 0) is 4.79 Å². The van der Waals surface area contributed by atoms with Gasteiger partial charge in [0.05, 0.1) is 5.92 Å². The van der Waals surface area contributed by atoms with Crippen LogP contribution in [0.2, 0.25) is 0 Å². The number of carbonyl (C=O) groups is 2. The molecule has 0 radical (unpaired) electrons. The van der Waals surface area contributed by atoms with Gasteiger partial charge < -0.3 is 15.3 Å². The van der Waals surface area contributed by atoms with Gasteiger partial charge in [0.1, 0.15) is 0 Å². The zero-order chi connectivity index (χ0) is 15.3. The molecule has 120 valence electrons. The summed E-state index contributed by atoms with van der Waals surface area (Å²) in [7, 11) is 0. The predicted molar refractivity (Wildman–Crippen MR) is 84.7 cm³/mol. The molecular formula is C15H26N2O3S. The van der Waals surface area contributed by atoms with Crippen LogP contribution in [0.3, 0.4) is 0 Å². The van der Waals surface area contributed by atoms with Crippen LogP contribution in [0.5, 0.6) is 0 Å². The van der Waals surface area contributed by atoms with E-state index in [-0.39, 0.29) is 16.7 Å². The number of likely N-dealkylation sites (tertiary alicyclic amines) is 1. The Bertz CT molecular complexity index is 375. The van der Waals surface area contributed by atoms with E-state index in [0.717, 1.165) is 6.54 Å². The highest BCUT2D eigenvalue weighted by Gasteiger charge is 2.33. The van der Waals surface area contributed by atoms with Crippen LogP contribution in [0.1, 0.15) is 44.9 Å². The molecule has 2 rings (SSSR count). The first-order valence-electron chi connectivity index (χ1n) is 7.87. The van der Waals surface area contributed by atoms with E-state index >= 15 is 0 Å². The highest BCUT2D eigenvalue weighted by molar-refractivity contribution is 8.00. The molecule has 2 N–H and O–H groups in total. The van der Waals surface area contributed by atoms with Gasteiger partial charge in [-0.05, 0) is 31.9 Å². The molecule has 1 saturated heterocycles. The number of rotatable bonds is 4. The third kappa shape index (κ3) is 4.28. The Morgan fingerprint density at radius 1 is 1.24 bits per heavy atom. The third-order valence-electron chi connectivity index (χ3n) is 4.89. The maximum Gasteiger partial charge on any atom is 0.317 e. The van der Waals surface area contributed by atoms with Crippen LogP contribution >= 0.6 is 11.8 Å². The Kier molecular flexibility index (Phi) is 5.79. The van der Waals surface area contributed by atoms with E-state index in [2.05, 4.69) is 11.6 Å². The molecule has 0 aromatic rings. The first-order valence-corrected chi connectivity index (χ1v) is 9.09. The summed E-state index contributed by atoms with van der Waals surface area (Å²) in [6.07, 6.45) is 9.42. The average molecular weight is 314 g/mol. The zero-order valence-electron chi connectivity index (χ0n) is 12.8. The van der Waals surface area contributed by atoms with Crippen LogP contribution in [0, 0.1) is 5.92 Å². The predicted octanol–water partition coefficient (Wildman–Crippen LogP) is 2.56. The van der Waals surface area contributed by atoms with Crippen molar-refractivity contribution >= 4 is 23.8 Å². The molecule has 5 nitrogen and oxygen atoms in total. The molecule has 2 fully saturated rings. The number of aliphatic carboxylic acids is 1. The number of carboxylic acids is 1. The van der Waals surface area contributed by atoms with E-state index in [9.17, 15) is 9.59 Å². The fraction of sp³-hybridized carbons (Fsp3) is 0.867. The number of hydrogen-bond donors (Lipinski definition) is 2. The summed E-state index contributed by atoms with van der Waals surface area (Å²) in [5.74, 6) is -1.02. The van der Waals surface area contributed by atoms with Crippen molar-refractivity contribution in [3.05, 3.63) is 0 Å². The molecule has 0 bridgehead atoms. The average Bonchev–Trinajstić information content (AvgIpc) is 2.53. The van der Waals surface area contributed by atoms with E-state index in [1.54, 1.807) is 4.90 Å². The highest BCUT2D eigenvalue weighted by Crippen LogP contribution is 2.38. The van der Waals surface area contributed by atoms with Crippen molar-refractivity contribution in [3.8, 4) is 0 Å². The third-order valence-corrected chi connectivity index (χ3v) is 6.31. The summed E-state index contributed by atoms with van der Waals surface area (Å²) in [6, 6.07) is -0.0298. The zero-order valence-corrected chi connectivity index (χ0v) is 13.6. The number of urea groups is 1. The van der Waals surface area contributed by atoms with Crippen molar-refractivity contribution in [1.29, 1.82) is 0 Å². The molecule has 21 heavy (non-hydrogen) atoms. The molecule has 1 aliphatic carbocycles. The van der Waals surface area contributed by atoms with Crippen molar-refractivity contribution in [3.63, 3.8) is 0 Å². The van der Waals surface area contributed by atoms with Gasteiger partial charge >= 0.3 is 12.0 Å². The van der Waals surface area contributed by atoms with Gasteiger partial charge in [-0.3, -0.25) is 4.79 Å². The molecule has 2 aliphatic rings. The van der Waals surface area contributed by atoms with Crippen molar-refractivity contribution < 1.29 is 14.7 Å². The summed E-state index contributed by atoms with van der Waals surface area (Å²) in [6.45, 7) is 1.83. The van der Waals surface area contributed by atoms with E-state index in [1.165, 1.54) is 32.1 Å².